The number of fused-ring (bicyclic) bond motifs is 3. The third-order valence-electron chi connectivity index (χ3n) is 9.43. The quantitative estimate of drug-likeness (QED) is 0.249. The fraction of sp³-hybridized carbons (Fsp3) is 0.432. The summed E-state index contributed by atoms with van der Waals surface area (Å²) in [7, 11) is 0. The van der Waals surface area contributed by atoms with E-state index >= 15 is 0 Å². The lowest BCUT2D eigenvalue weighted by atomic mass is 9.71. The van der Waals surface area contributed by atoms with Crippen molar-refractivity contribution in [2.45, 2.75) is 57.7 Å². The van der Waals surface area contributed by atoms with Crippen molar-refractivity contribution < 1.29 is 14.2 Å². The van der Waals surface area contributed by atoms with Crippen LogP contribution in [-0.4, -0.2) is 61.1 Å². The van der Waals surface area contributed by atoms with Crippen LogP contribution in [-0.2, 0) is 31.5 Å². The molecule has 0 aliphatic carbocycles. The number of aryl methyl sites for hydroxylation is 1. The number of hydrogen-bond acceptors (Lipinski definition) is 8. The van der Waals surface area contributed by atoms with Gasteiger partial charge in [0.2, 0.25) is 6.54 Å². The van der Waals surface area contributed by atoms with E-state index in [1.165, 1.54) is 16.7 Å². The van der Waals surface area contributed by atoms with Crippen LogP contribution in [0.4, 0.5) is 0 Å². The molecule has 9 nitrogen and oxygen atoms in total. The van der Waals surface area contributed by atoms with Crippen molar-refractivity contribution in [2.75, 3.05) is 46.4 Å². The second kappa shape index (κ2) is 14.2. The third-order valence-corrected chi connectivity index (χ3v) is 9.43. The molecule has 0 saturated heterocycles. The molecule has 0 spiro atoms. The third kappa shape index (κ3) is 6.96. The number of rotatable bonds is 11. The number of nitriles is 2. The summed E-state index contributed by atoms with van der Waals surface area (Å²) < 4.78 is 18.2. The lowest BCUT2D eigenvalue weighted by molar-refractivity contribution is 0.0974. The Bertz CT molecular complexity index is 1610. The molecule has 46 heavy (non-hydrogen) atoms. The Morgan fingerprint density at radius 2 is 1.20 bits per heavy atom. The molecule has 1 atom stereocenters. The van der Waals surface area contributed by atoms with Crippen LogP contribution in [0.2, 0.25) is 0 Å². The molecule has 236 valence electrons. The molecule has 0 N–H and O–H groups in total. The van der Waals surface area contributed by atoms with E-state index in [0.717, 1.165) is 66.4 Å². The topological polar surface area (TPSA) is 89.4 Å². The Balaban J connectivity index is 1.30. The van der Waals surface area contributed by atoms with Crippen molar-refractivity contribution in [3.63, 3.8) is 0 Å². The Kier molecular flexibility index (Phi) is 9.71. The van der Waals surface area contributed by atoms with Crippen LogP contribution in [0.15, 0.2) is 54.6 Å². The summed E-state index contributed by atoms with van der Waals surface area (Å²) in [6.07, 6.45) is 2.71. The fourth-order valence-corrected chi connectivity index (χ4v) is 6.66. The monoisotopic (exact) mass is 616 g/mol. The maximum Gasteiger partial charge on any atom is 0.227 e. The van der Waals surface area contributed by atoms with Gasteiger partial charge in [-0.2, -0.15) is 10.5 Å². The summed E-state index contributed by atoms with van der Waals surface area (Å²) in [5, 5.41) is 18.2. The zero-order chi connectivity index (χ0) is 31.9. The number of nitrogens with zero attached hydrogens (tertiary/aromatic N) is 6. The Morgan fingerprint density at radius 1 is 0.717 bits per heavy atom. The highest BCUT2D eigenvalue weighted by atomic mass is 16.5. The van der Waals surface area contributed by atoms with Gasteiger partial charge in [0.15, 0.2) is 0 Å². The average molecular weight is 617 g/mol. The van der Waals surface area contributed by atoms with Crippen LogP contribution in [0, 0.1) is 29.2 Å². The Morgan fingerprint density at radius 3 is 1.70 bits per heavy atom. The predicted molar refractivity (Wildman–Crippen MR) is 174 cm³/mol. The first-order valence-corrected chi connectivity index (χ1v) is 16.0. The summed E-state index contributed by atoms with van der Waals surface area (Å²) in [5.74, 6) is 2.74. The van der Waals surface area contributed by atoms with Gasteiger partial charge in [0, 0.05) is 67.7 Å². The van der Waals surface area contributed by atoms with Gasteiger partial charge in [-0.05, 0) is 59.9 Å². The number of benzene rings is 3. The van der Waals surface area contributed by atoms with E-state index in [9.17, 15) is 0 Å². The van der Waals surface area contributed by atoms with Gasteiger partial charge in [-0.3, -0.25) is 14.7 Å². The van der Waals surface area contributed by atoms with Gasteiger partial charge in [-0.25, -0.2) is 6.57 Å². The van der Waals surface area contributed by atoms with Gasteiger partial charge >= 0.3 is 0 Å². The smallest absolute Gasteiger partial charge is 0.227 e. The fourth-order valence-electron chi connectivity index (χ4n) is 6.66. The highest BCUT2D eigenvalue weighted by Crippen LogP contribution is 2.42. The minimum Gasteiger partial charge on any atom is -0.478 e. The molecule has 3 aromatic carbocycles. The minimum absolute atomic E-state index is 0.316. The van der Waals surface area contributed by atoms with Gasteiger partial charge in [-0.15, -0.1) is 0 Å². The van der Waals surface area contributed by atoms with Crippen LogP contribution >= 0.6 is 0 Å². The Labute approximate surface area is 271 Å². The van der Waals surface area contributed by atoms with E-state index < -0.39 is 0 Å². The average Bonchev–Trinajstić information content (AvgIpc) is 3.10. The number of hydrogen-bond donors (Lipinski definition) is 0. The first kappa shape index (κ1) is 31.4. The second-order valence-corrected chi connectivity index (χ2v) is 12.6. The highest BCUT2D eigenvalue weighted by Gasteiger charge is 2.32. The molecule has 1 unspecified atom stereocenters. The predicted octanol–water partition coefficient (Wildman–Crippen LogP) is 5.83. The van der Waals surface area contributed by atoms with Crippen molar-refractivity contribution in [3.8, 4) is 29.4 Å². The second-order valence-electron chi connectivity index (χ2n) is 12.6. The summed E-state index contributed by atoms with van der Waals surface area (Å²) in [4.78, 5) is 10.1. The van der Waals surface area contributed by atoms with Crippen LogP contribution in [0.1, 0.15) is 59.6 Å². The first-order valence-electron chi connectivity index (χ1n) is 16.0. The largest absolute Gasteiger partial charge is 0.478 e. The lowest BCUT2D eigenvalue weighted by Crippen LogP contribution is -2.34. The number of ether oxygens (including phenoxy) is 3. The van der Waals surface area contributed by atoms with Crippen molar-refractivity contribution in [2.24, 2.45) is 0 Å². The highest BCUT2D eigenvalue weighted by molar-refractivity contribution is 5.49. The summed E-state index contributed by atoms with van der Waals surface area (Å²) >= 11 is 0. The van der Waals surface area contributed by atoms with Crippen LogP contribution in [0.3, 0.4) is 0 Å². The van der Waals surface area contributed by atoms with E-state index in [0.29, 0.717) is 59.2 Å². The van der Waals surface area contributed by atoms with Gasteiger partial charge in [0.1, 0.15) is 37.4 Å². The minimum atomic E-state index is -0.316. The van der Waals surface area contributed by atoms with E-state index in [-0.39, 0.29) is 5.41 Å². The van der Waals surface area contributed by atoms with Crippen molar-refractivity contribution in [1.29, 1.82) is 10.5 Å². The molecule has 3 aliphatic rings. The molecule has 0 amide bonds. The molecule has 0 aromatic heterocycles. The summed E-state index contributed by atoms with van der Waals surface area (Å²) in [6.45, 7) is 15.9. The van der Waals surface area contributed by atoms with Crippen LogP contribution in [0.5, 0.6) is 17.2 Å². The van der Waals surface area contributed by atoms with Gasteiger partial charge in [-0.1, -0.05) is 31.2 Å². The van der Waals surface area contributed by atoms with E-state index in [4.69, 9.17) is 31.3 Å². The lowest BCUT2D eigenvalue weighted by Gasteiger charge is -2.35. The molecule has 9 heteroatoms. The molecule has 3 aromatic rings. The molecule has 0 radical (unpaired) electrons. The van der Waals surface area contributed by atoms with Crippen molar-refractivity contribution >= 4 is 0 Å². The maximum atomic E-state index is 9.11. The first-order chi connectivity index (χ1) is 22.5. The summed E-state index contributed by atoms with van der Waals surface area (Å²) in [6, 6.07) is 24.2. The van der Waals surface area contributed by atoms with Crippen LogP contribution in [0.25, 0.3) is 4.85 Å². The molecule has 0 fully saturated rings. The molecule has 3 aliphatic heterocycles. The van der Waals surface area contributed by atoms with Crippen LogP contribution < -0.4 is 14.2 Å². The Hall–Kier alpha value is -4.59. The van der Waals surface area contributed by atoms with E-state index in [1.807, 2.05) is 0 Å². The van der Waals surface area contributed by atoms with Gasteiger partial charge in [0.25, 0.3) is 0 Å². The molecular weight excluding hydrogens is 576 g/mol. The molecule has 6 rings (SSSR count). The molecule has 3 heterocycles. The standard InChI is InChI=1S/C37H40N6O3/c1-37(32-6-9-35-30(20-32)23-42(26-45-35)17-4-14-39,33-7-10-36-31(21-33)24-43(27-46-36)18-15-40-2)12-11-28-5-8-34-29(19-28)22-41(25-44-34)16-3-13-38/h5-10,19-21H,3-4,11-12,15-18,22-27H2,1H3. The van der Waals surface area contributed by atoms with Crippen molar-refractivity contribution in [3.05, 3.63) is 99.4 Å². The summed E-state index contributed by atoms with van der Waals surface area (Å²) in [5.41, 5.74) is 6.84. The SMILES string of the molecule is [C-]#[N+]CCN1COc2ccc(C(C)(CCc3ccc4c(c3)CN(CCC#N)CO4)c3ccc4c(c3)CN(CCC#N)CO4)cc2C1. The van der Waals surface area contributed by atoms with E-state index in [2.05, 4.69) is 93.2 Å². The van der Waals surface area contributed by atoms with Gasteiger partial charge < -0.3 is 19.1 Å². The molecule has 0 bridgehead atoms. The zero-order valence-electron chi connectivity index (χ0n) is 26.5. The molecule has 0 saturated carbocycles. The van der Waals surface area contributed by atoms with E-state index in [1.54, 1.807) is 0 Å². The normalized spacial score (nSPS) is 17.3. The van der Waals surface area contributed by atoms with Gasteiger partial charge in [0.05, 0.1) is 18.7 Å². The van der Waals surface area contributed by atoms with Crippen molar-refractivity contribution in [1.82, 2.24) is 14.7 Å². The zero-order valence-corrected chi connectivity index (χ0v) is 26.5. The molecular formula is C37H40N6O3. The maximum absolute atomic E-state index is 9.11.